The molecule has 3 aromatic rings. The molecule has 28 heavy (non-hydrogen) atoms. The zero-order valence-corrected chi connectivity index (χ0v) is 16.5. The van der Waals surface area contributed by atoms with E-state index in [-0.39, 0.29) is 5.91 Å². The Bertz CT molecular complexity index is 919. The Kier molecular flexibility index (Phi) is 6.42. The quantitative estimate of drug-likeness (QED) is 0.591. The van der Waals surface area contributed by atoms with Gasteiger partial charge in [0.1, 0.15) is 5.75 Å². The maximum atomic E-state index is 12.6. The maximum Gasteiger partial charge on any atom is 0.227 e. The highest BCUT2D eigenvalue weighted by molar-refractivity contribution is 5.76. The zero-order chi connectivity index (χ0) is 19.9. The van der Waals surface area contributed by atoms with Crippen LogP contribution in [0.4, 0.5) is 0 Å². The molecule has 3 rings (SSSR count). The molecule has 0 radical (unpaired) electrons. The summed E-state index contributed by atoms with van der Waals surface area (Å²) in [6, 6.07) is 15.6. The topological polar surface area (TPSA) is 68.5 Å². The lowest BCUT2D eigenvalue weighted by Gasteiger charge is -2.21. The van der Waals surface area contributed by atoms with Gasteiger partial charge in [-0.15, -0.1) is 0 Å². The first-order valence-electron chi connectivity index (χ1n) is 9.40. The third kappa shape index (κ3) is 4.76. The van der Waals surface area contributed by atoms with Crippen molar-refractivity contribution in [2.45, 2.75) is 33.2 Å². The summed E-state index contributed by atoms with van der Waals surface area (Å²) in [6.45, 7) is 5.33. The first kappa shape index (κ1) is 19.6. The number of aromatic nitrogens is 2. The number of amides is 1. The van der Waals surface area contributed by atoms with E-state index in [4.69, 9.17) is 9.26 Å². The van der Waals surface area contributed by atoms with Gasteiger partial charge in [-0.2, -0.15) is 4.98 Å². The molecular weight excluding hydrogens is 354 g/mol. The van der Waals surface area contributed by atoms with Gasteiger partial charge in [0.2, 0.25) is 17.6 Å². The van der Waals surface area contributed by atoms with Crippen molar-refractivity contribution in [3.8, 4) is 17.1 Å². The number of aryl methyl sites for hydroxylation is 2. The number of ether oxygens (including phenoxy) is 1. The van der Waals surface area contributed by atoms with Crippen molar-refractivity contribution < 1.29 is 14.1 Å². The van der Waals surface area contributed by atoms with Crippen LogP contribution < -0.4 is 4.74 Å². The fourth-order valence-corrected chi connectivity index (χ4v) is 2.96. The van der Waals surface area contributed by atoms with E-state index in [0.717, 1.165) is 16.9 Å². The lowest BCUT2D eigenvalue weighted by atomic mass is 10.1. The standard InChI is InChI=1S/C22H25N3O3/c1-4-25(15-18-8-6-5-7-16(18)2)21(26)14-13-20-23-22(24-28-20)17-9-11-19(27-3)12-10-17/h5-12H,4,13-15H2,1-3H3. The first-order valence-corrected chi connectivity index (χ1v) is 9.40. The van der Waals surface area contributed by atoms with Gasteiger partial charge in [-0.25, -0.2) is 0 Å². The molecule has 0 spiro atoms. The van der Waals surface area contributed by atoms with Crippen LogP contribution in [-0.2, 0) is 17.8 Å². The summed E-state index contributed by atoms with van der Waals surface area (Å²) in [7, 11) is 1.62. The molecule has 0 bridgehead atoms. The van der Waals surface area contributed by atoms with Gasteiger partial charge < -0.3 is 14.2 Å². The summed E-state index contributed by atoms with van der Waals surface area (Å²) in [5.74, 6) is 1.82. The lowest BCUT2D eigenvalue weighted by Crippen LogP contribution is -2.30. The number of nitrogens with zero attached hydrogens (tertiary/aromatic N) is 3. The summed E-state index contributed by atoms with van der Waals surface area (Å²) in [6.07, 6.45) is 0.760. The van der Waals surface area contributed by atoms with E-state index in [9.17, 15) is 4.79 Å². The molecule has 2 aromatic carbocycles. The van der Waals surface area contributed by atoms with Crippen molar-refractivity contribution in [3.05, 3.63) is 65.5 Å². The molecule has 0 saturated carbocycles. The Balaban J connectivity index is 1.59. The van der Waals surface area contributed by atoms with Gasteiger partial charge in [0.25, 0.3) is 0 Å². The summed E-state index contributed by atoms with van der Waals surface area (Å²) in [5, 5.41) is 4.01. The minimum atomic E-state index is 0.0787. The largest absolute Gasteiger partial charge is 0.497 e. The average molecular weight is 379 g/mol. The first-order chi connectivity index (χ1) is 13.6. The normalized spacial score (nSPS) is 10.7. The third-order valence-corrected chi connectivity index (χ3v) is 4.73. The van der Waals surface area contributed by atoms with Crippen LogP contribution >= 0.6 is 0 Å². The highest BCUT2D eigenvalue weighted by atomic mass is 16.5. The molecule has 0 atom stereocenters. The van der Waals surface area contributed by atoms with Crippen molar-refractivity contribution in [2.24, 2.45) is 0 Å². The molecule has 1 heterocycles. The Morgan fingerprint density at radius 3 is 2.57 bits per heavy atom. The molecule has 0 aliphatic heterocycles. The number of hydrogen-bond donors (Lipinski definition) is 0. The van der Waals surface area contributed by atoms with E-state index in [0.29, 0.717) is 37.6 Å². The van der Waals surface area contributed by atoms with E-state index in [2.05, 4.69) is 29.2 Å². The number of carbonyl (C=O) groups is 1. The van der Waals surface area contributed by atoms with Gasteiger partial charge in [-0.05, 0) is 49.2 Å². The second kappa shape index (κ2) is 9.17. The van der Waals surface area contributed by atoms with Gasteiger partial charge in [0, 0.05) is 31.5 Å². The maximum absolute atomic E-state index is 12.6. The minimum absolute atomic E-state index is 0.0787. The fraction of sp³-hybridized carbons (Fsp3) is 0.318. The molecule has 1 aromatic heterocycles. The second-order valence-corrected chi connectivity index (χ2v) is 6.57. The van der Waals surface area contributed by atoms with E-state index in [1.54, 1.807) is 7.11 Å². The molecular formula is C22H25N3O3. The van der Waals surface area contributed by atoms with Crippen LogP contribution in [0.3, 0.4) is 0 Å². The van der Waals surface area contributed by atoms with Crippen LogP contribution in [0.25, 0.3) is 11.4 Å². The van der Waals surface area contributed by atoms with Gasteiger partial charge >= 0.3 is 0 Å². The Morgan fingerprint density at radius 1 is 1.14 bits per heavy atom. The Labute approximate surface area is 165 Å². The van der Waals surface area contributed by atoms with Crippen molar-refractivity contribution in [3.63, 3.8) is 0 Å². The van der Waals surface area contributed by atoms with E-state index in [1.807, 2.05) is 48.2 Å². The Hall–Kier alpha value is -3.15. The summed E-state index contributed by atoms with van der Waals surface area (Å²) in [5.41, 5.74) is 3.20. The molecule has 0 saturated heterocycles. The number of benzene rings is 2. The fourth-order valence-electron chi connectivity index (χ4n) is 2.96. The molecule has 6 heteroatoms. The third-order valence-electron chi connectivity index (χ3n) is 4.73. The predicted molar refractivity (Wildman–Crippen MR) is 107 cm³/mol. The van der Waals surface area contributed by atoms with Crippen molar-refractivity contribution in [1.29, 1.82) is 0 Å². The van der Waals surface area contributed by atoms with Crippen LogP contribution in [0.1, 0.15) is 30.4 Å². The number of hydrogen-bond acceptors (Lipinski definition) is 5. The number of carbonyl (C=O) groups excluding carboxylic acids is 1. The SMILES string of the molecule is CCN(Cc1ccccc1C)C(=O)CCc1nc(-c2ccc(OC)cc2)no1. The average Bonchev–Trinajstić information content (AvgIpc) is 3.20. The van der Waals surface area contributed by atoms with Gasteiger partial charge in [-0.1, -0.05) is 29.4 Å². The monoisotopic (exact) mass is 379 g/mol. The lowest BCUT2D eigenvalue weighted by molar-refractivity contribution is -0.131. The van der Waals surface area contributed by atoms with Crippen LogP contribution in [0.15, 0.2) is 53.1 Å². The smallest absolute Gasteiger partial charge is 0.227 e. The number of rotatable bonds is 8. The molecule has 0 fully saturated rings. The second-order valence-electron chi connectivity index (χ2n) is 6.57. The van der Waals surface area contributed by atoms with Crippen molar-refractivity contribution >= 4 is 5.91 Å². The van der Waals surface area contributed by atoms with Crippen LogP contribution in [-0.4, -0.2) is 34.6 Å². The number of methoxy groups -OCH3 is 1. The van der Waals surface area contributed by atoms with Gasteiger partial charge in [0.05, 0.1) is 7.11 Å². The van der Waals surface area contributed by atoms with Crippen LogP contribution in [0, 0.1) is 6.92 Å². The van der Waals surface area contributed by atoms with E-state index >= 15 is 0 Å². The molecule has 6 nitrogen and oxygen atoms in total. The van der Waals surface area contributed by atoms with Crippen LogP contribution in [0.5, 0.6) is 5.75 Å². The predicted octanol–water partition coefficient (Wildman–Crippen LogP) is 4.03. The van der Waals surface area contributed by atoms with Crippen molar-refractivity contribution in [1.82, 2.24) is 15.0 Å². The molecule has 146 valence electrons. The summed E-state index contributed by atoms with van der Waals surface area (Å²) >= 11 is 0. The summed E-state index contributed by atoms with van der Waals surface area (Å²) < 4.78 is 10.5. The zero-order valence-electron chi connectivity index (χ0n) is 16.5. The molecule has 0 unspecified atom stereocenters. The summed E-state index contributed by atoms with van der Waals surface area (Å²) in [4.78, 5) is 18.9. The van der Waals surface area contributed by atoms with E-state index < -0.39 is 0 Å². The minimum Gasteiger partial charge on any atom is -0.497 e. The molecule has 0 aliphatic carbocycles. The molecule has 1 amide bonds. The molecule has 0 N–H and O–H groups in total. The molecule has 0 aliphatic rings. The van der Waals surface area contributed by atoms with Crippen molar-refractivity contribution in [2.75, 3.05) is 13.7 Å². The highest BCUT2D eigenvalue weighted by Gasteiger charge is 2.16. The van der Waals surface area contributed by atoms with Gasteiger partial charge in [0.15, 0.2) is 0 Å². The Morgan fingerprint density at radius 2 is 1.89 bits per heavy atom. The van der Waals surface area contributed by atoms with Crippen LogP contribution in [0.2, 0.25) is 0 Å². The van der Waals surface area contributed by atoms with E-state index in [1.165, 1.54) is 5.56 Å². The highest BCUT2D eigenvalue weighted by Crippen LogP contribution is 2.20. The van der Waals surface area contributed by atoms with Gasteiger partial charge in [-0.3, -0.25) is 4.79 Å².